The molecule has 124 valence electrons. The summed E-state index contributed by atoms with van der Waals surface area (Å²) in [4.78, 5) is 7.83. The highest BCUT2D eigenvalue weighted by Crippen LogP contribution is 2.18. The summed E-state index contributed by atoms with van der Waals surface area (Å²) in [6, 6.07) is 0. The van der Waals surface area contributed by atoms with Crippen molar-refractivity contribution in [1.82, 2.24) is 14.7 Å². The van der Waals surface area contributed by atoms with E-state index in [1.807, 2.05) is 0 Å². The second-order valence-corrected chi connectivity index (χ2v) is 6.94. The molecular weight excluding hydrogens is 262 g/mol. The number of rotatable bonds is 7. The topological polar surface area (TPSA) is 19.0 Å². The Morgan fingerprint density at radius 2 is 1.52 bits per heavy atom. The number of ether oxygens (including phenoxy) is 1. The monoisotopic (exact) mass is 297 g/mol. The number of hydrogen-bond donors (Lipinski definition) is 0. The molecule has 4 nitrogen and oxygen atoms in total. The molecular formula is C17H35N3O. The van der Waals surface area contributed by atoms with Crippen LogP contribution in [0.5, 0.6) is 0 Å². The Hall–Kier alpha value is -0.160. The molecule has 0 amide bonds. The first kappa shape index (κ1) is 17.2. The maximum absolute atomic E-state index is 5.65. The van der Waals surface area contributed by atoms with Gasteiger partial charge in [0.2, 0.25) is 0 Å². The Morgan fingerprint density at radius 1 is 0.905 bits per heavy atom. The van der Waals surface area contributed by atoms with Crippen LogP contribution in [0.3, 0.4) is 0 Å². The maximum atomic E-state index is 5.65. The third-order valence-electron chi connectivity index (χ3n) is 4.99. The van der Waals surface area contributed by atoms with Crippen molar-refractivity contribution in [1.29, 1.82) is 0 Å². The van der Waals surface area contributed by atoms with E-state index in [1.165, 1.54) is 65.2 Å². The highest BCUT2D eigenvalue weighted by Gasteiger charge is 2.23. The summed E-state index contributed by atoms with van der Waals surface area (Å²) in [7, 11) is 0. The van der Waals surface area contributed by atoms with Gasteiger partial charge in [-0.2, -0.15) is 0 Å². The Kier molecular flexibility index (Phi) is 7.44. The number of piperidine rings is 1. The summed E-state index contributed by atoms with van der Waals surface area (Å²) in [6.07, 6.45) is 3.16. The van der Waals surface area contributed by atoms with Crippen LogP contribution in [0, 0.1) is 5.92 Å². The van der Waals surface area contributed by atoms with E-state index in [2.05, 4.69) is 35.5 Å². The summed E-state index contributed by atoms with van der Waals surface area (Å²) in [5.74, 6) is 0.934. The van der Waals surface area contributed by atoms with Gasteiger partial charge in [0.25, 0.3) is 0 Å². The number of likely N-dealkylation sites (tertiary alicyclic amines) is 1. The largest absolute Gasteiger partial charge is 0.377 e. The summed E-state index contributed by atoms with van der Waals surface area (Å²) in [5, 5.41) is 0. The van der Waals surface area contributed by atoms with E-state index in [1.54, 1.807) is 0 Å². The molecule has 0 atom stereocenters. The van der Waals surface area contributed by atoms with Gasteiger partial charge in [0, 0.05) is 39.3 Å². The molecule has 0 aromatic heterocycles. The summed E-state index contributed by atoms with van der Waals surface area (Å²) in [6.45, 7) is 18.6. The van der Waals surface area contributed by atoms with Gasteiger partial charge < -0.3 is 14.5 Å². The second-order valence-electron chi connectivity index (χ2n) is 6.94. The molecule has 0 aliphatic carbocycles. The lowest BCUT2D eigenvalue weighted by Gasteiger charge is -2.38. The van der Waals surface area contributed by atoms with Crippen LogP contribution in [0.1, 0.15) is 33.6 Å². The molecule has 2 fully saturated rings. The number of piperazine rings is 1. The molecule has 2 heterocycles. The molecule has 2 rings (SSSR count). The molecule has 2 aliphatic rings. The Labute approximate surface area is 131 Å². The molecule has 2 aliphatic heterocycles. The van der Waals surface area contributed by atoms with Crippen LogP contribution in [-0.4, -0.2) is 86.3 Å². The quantitative estimate of drug-likeness (QED) is 0.713. The lowest BCUT2D eigenvalue weighted by molar-refractivity contribution is 0.0402. The Bertz CT molecular complexity index is 269. The van der Waals surface area contributed by atoms with Gasteiger partial charge in [0.05, 0.1) is 12.7 Å². The molecule has 0 radical (unpaired) electrons. The van der Waals surface area contributed by atoms with Crippen molar-refractivity contribution in [2.45, 2.75) is 39.7 Å². The second kappa shape index (κ2) is 9.09. The Balaban J connectivity index is 1.57. The van der Waals surface area contributed by atoms with E-state index in [9.17, 15) is 0 Å². The maximum Gasteiger partial charge on any atom is 0.0596 e. The predicted molar refractivity (Wildman–Crippen MR) is 88.8 cm³/mol. The van der Waals surface area contributed by atoms with Crippen molar-refractivity contribution in [3.63, 3.8) is 0 Å². The van der Waals surface area contributed by atoms with Crippen molar-refractivity contribution in [3.05, 3.63) is 0 Å². The van der Waals surface area contributed by atoms with Gasteiger partial charge in [-0.1, -0.05) is 6.92 Å². The van der Waals surface area contributed by atoms with Crippen LogP contribution >= 0.6 is 0 Å². The predicted octanol–water partition coefficient (Wildman–Crippen LogP) is 1.76. The fraction of sp³-hybridized carbons (Fsp3) is 1.00. The number of nitrogens with zero attached hydrogens (tertiary/aromatic N) is 3. The SMILES string of the molecule is CCN1CCC(CN2CCN(CCOC(C)C)CC2)CC1. The third-order valence-corrected chi connectivity index (χ3v) is 4.99. The summed E-state index contributed by atoms with van der Waals surface area (Å²) in [5.41, 5.74) is 0. The molecule has 0 aromatic rings. The van der Waals surface area contributed by atoms with Crippen molar-refractivity contribution >= 4 is 0 Å². The zero-order valence-electron chi connectivity index (χ0n) is 14.4. The molecule has 0 saturated carbocycles. The van der Waals surface area contributed by atoms with E-state index >= 15 is 0 Å². The highest BCUT2D eigenvalue weighted by atomic mass is 16.5. The third kappa shape index (κ3) is 6.23. The minimum atomic E-state index is 0.361. The van der Waals surface area contributed by atoms with Gasteiger partial charge in [-0.05, 0) is 52.2 Å². The highest BCUT2D eigenvalue weighted by molar-refractivity contribution is 4.78. The Morgan fingerprint density at radius 3 is 2.10 bits per heavy atom. The van der Waals surface area contributed by atoms with E-state index in [4.69, 9.17) is 4.74 Å². The molecule has 4 heteroatoms. The van der Waals surface area contributed by atoms with Gasteiger partial charge in [-0.15, -0.1) is 0 Å². The first-order valence-corrected chi connectivity index (χ1v) is 8.96. The summed E-state index contributed by atoms with van der Waals surface area (Å²) < 4.78 is 5.65. The summed E-state index contributed by atoms with van der Waals surface area (Å²) >= 11 is 0. The lowest BCUT2D eigenvalue weighted by Crippen LogP contribution is -2.49. The van der Waals surface area contributed by atoms with Crippen molar-refractivity contribution < 1.29 is 4.74 Å². The van der Waals surface area contributed by atoms with Gasteiger partial charge in [-0.25, -0.2) is 0 Å². The van der Waals surface area contributed by atoms with Gasteiger partial charge >= 0.3 is 0 Å². The van der Waals surface area contributed by atoms with E-state index in [0.29, 0.717) is 6.10 Å². The van der Waals surface area contributed by atoms with Crippen LogP contribution < -0.4 is 0 Å². The van der Waals surface area contributed by atoms with Crippen LogP contribution in [0.15, 0.2) is 0 Å². The molecule has 2 saturated heterocycles. The minimum absolute atomic E-state index is 0.361. The zero-order valence-corrected chi connectivity index (χ0v) is 14.4. The first-order chi connectivity index (χ1) is 10.2. The fourth-order valence-electron chi connectivity index (χ4n) is 3.46. The lowest BCUT2D eigenvalue weighted by atomic mass is 9.96. The first-order valence-electron chi connectivity index (χ1n) is 8.96. The zero-order chi connectivity index (χ0) is 15.1. The molecule has 21 heavy (non-hydrogen) atoms. The molecule has 0 aromatic carbocycles. The fourth-order valence-corrected chi connectivity index (χ4v) is 3.46. The van der Waals surface area contributed by atoms with Gasteiger partial charge in [0.1, 0.15) is 0 Å². The molecule has 0 spiro atoms. The average Bonchev–Trinajstić information content (AvgIpc) is 2.49. The molecule has 0 N–H and O–H groups in total. The average molecular weight is 297 g/mol. The van der Waals surface area contributed by atoms with Gasteiger partial charge in [-0.3, -0.25) is 4.90 Å². The van der Waals surface area contributed by atoms with Crippen molar-refractivity contribution in [3.8, 4) is 0 Å². The molecule has 0 unspecified atom stereocenters. The smallest absolute Gasteiger partial charge is 0.0596 e. The number of hydrogen-bond acceptors (Lipinski definition) is 4. The normalized spacial score (nSPS) is 24.0. The van der Waals surface area contributed by atoms with E-state index in [-0.39, 0.29) is 0 Å². The van der Waals surface area contributed by atoms with Crippen LogP contribution in [0.25, 0.3) is 0 Å². The van der Waals surface area contributed by atoms with E-state index in [0.717, 1.165) is 19.1 Å². The van der Waals surface area contributed by atoms with Gasteiger partial charge in [0.15, 0.2) is 0 Å². The molecule has 0 bridgehead atoms. The van der Waals surface area contributed by atoms with Crippen molar-refractivity contribution in [2.75, 3.05) is 65.5 Å². The van der Waals surface area contributed by atoms with E-state index < -0.39 is 0 Å². The van der Waals surface area contributed by atoms with Crippen LogP contribution in [-0.2, 0) is 4.74 Å². The van der Waals surface area contributed by atoms with Crippen LogP contribution in [0.4, 0.5) is 0 Å². The minimum Gasteiger partial charge on any atom is -0.377 e. The van der Waals surface area contributed by atoms with Crippen LogP contribution in [0.2, 0.25) is 0 Å². The standard InChI is InChI=1S/C17H35N3O/c1-4-18-7-5-17(6-8-18)15-20-11-9-19(10-12-20)13-14-21-16(2)3/h16-17H,4-15H2,1-3H3. The van der Waals surface area contributed by atoms with Crippen molar-refractivity contribution in [2.24, 2.45) is 5.92 Å².